The summed E-state index contributed by atoms with van der Waals surface area (Å²) in [6.07, 6.45) is 8.89. The van der Waals surface area contributed by atoms with Gasteiger partial charge in [-0.2, -0.15) is 16.4 Å². The van der Waals surface area contributed by atoms with Crippen LogP contribution < -0.4 is 5.32 Å². The number of nitrogens with zero attached hydrogens (tertiary/aromatic N) is 5. The molecular formula is C25H18N8OS. The van der Waals surface area contributed by atoms with Gasteiger partial charge in [0.2, 0.25) is 5.91 Å². The fourth-order valence-corrected chi connectivity index (χ4v) is 4.79. The fourth-order valence-electron chi connectivity index (χ4n) is 4.14. The summed E-state index contributed by atoms with van der Waals surface area (Å²) in [6, 6.07) is 7.79. The zero-order chi connectivity index (χ0) is 23.4. The van der Waals surface area contributed by atoms with Gasteiger partial charge < -0.3 is 10.3 Å². The highest BCUT2D eigenvalue weighted by molar-refractivity contribution is 7.08. The molecule has 35 heavy (non-hydrogen) atoms. The van der Waals surface area contributed by atoms with Crippen molar-refractivity contribution in [3.63, 3.8) is 0 Å². The van der Waals surface area contributed by atoms with Crippen molar-refractivity contribution in [3.8, 4) is 33.9 Å². The van der Waals surface area contributed by atoms with E-state index in [9.17, 15) is 4.79 Å². The molecule has 6 aromatic rings. The Hall–Kier alpha value is -4.44. The highest BCUT2D eigenvalue weighted by atomic mass is 32.1. The second-order valence-corrected chi connectivity index (χ2v) is 9.35. The smallest absolute Gasteiger partial charge is 0.227 e. The molecule has 0 atom stereocenters. The van der Waals surface area contributed by atoms with Crippen molar-refractivity contribution in [1.29, 1.82) is 0 Å². The average molecular weight is 479 g/mol. The molecule has 0 saturated heterocycles. The first kappa shape index (κ1) is 20.0. The van der Waals surface area contributed by atoms with E-state index in [1.165, 1.54) is 0 Å². The molecule has 0 bridgehead atoms. The van der Waals surface area contributed by atoms with Gasteiger partial charge in [0, 0.05) is 29.4 Å². The van der Waals surface area contributed by atoms with Crippen LogP contribution in [0.3, 0.4) is 0 Å². The maximum atomic E-state index is 12.2. The summed E-state index contributed by atoms with van der Waals surface area (Å²) in [5.74, 6) is 0.788. The minimum atomic E-state index is 0.0469. The zero-order valence-corrected chi connectivity index (χ0v) is 19.1. The Kier molecular flexibility index (Phi) is 4.46. The van der Waals surface area contributed by atoms with E-state index in [4.69, 9.17) is 9.97 Å². The highest BCUT2D eigenvalue weighted by Crippen LogP contribution is 2.33. The fraction of sp³-hybridized carbons (Fsp3) is 0.120. The minimum absolute atomic E-state index is 0.0469. The van der Waals surface area contributed by atoms with Gasteiger partial charge in [-0.05, 0) is 53.4 Å². The number of H-pyrrole nitrogens is 2. The van der Waals surface area contributed by atoms with Crippen molar-refractivity contribution >= 4 is 45.0 Å². The lowest BCUT2D eigenvalue weighted by Gasteiger charge is -2.06. The van der Waals surface area contributed by atoms with E-state index in [0.717, 1.165) is 51.8 Å². The number of thiophene rings is 1. The molecule has 6 aromatic heterocycles. The van der Waals surface area contributed by atoms with Crippen LogP contribution in [0, 0.1) is 5.92 Å². The number of anilines is 1. The number of pyridine rings is 3. The van der Waals surface area contributed by atoms with Gasteiger partial charge >= 0.3 is 0 Å². The van der Waals surface area contributed by atoms with E-state index in [0.29, 0.717) is 22.7 Å². The van der Waals surface area contributed by atoms with Gasteiger partial charge in [-0.3, -0.25) is 19.9 Å². The number of fused-ring (bicyclic) bond motifs is 2. The monoisotopic (exact) mass is 478 g/mol. The maximum absolute atomic E-state index is 12.2. The van der Waals surface area contributed by atoms with Gasteiger partial charge in [0.05, 0.1) is 34.8 Å². The van der Waals surface area contributed by atoms with Gasteiger partial charge in [0.15, 0.2) is 11.5 Å². The molecule has 9 nitrogen and oxygen atoms in total. The molecule has 7 rings (SSSR count). The summed E-state index contributed by atoms with van der Waals surface area (Å²) in [5.41, 5.74) is 8.04. The Morgan fingerprint density at radius 3 is 2.74 bits per heavy atom. The van der Waals surface area contributed by atoms with Crippen molar-refractivity contribution in [1.82, 2.24) is 35.1 Å². The molecule has 170 valence electrons. The van der Waals surface area contributed by atoms with Crippen LogP contribution in [0.25, 0.3) is 56.0 Å². The van der Waals surface area contributed by atoms with Crippen molar-refractivity contribution in [2.75, 3.05) is 5.32 Å². The molecule has 1 fully saturated rings. The lowest BCUT2D eigenvalue weighted by molar-refractivity contribution is -0.117. The Balaban J connectivity index is 1.29. The molecule has 0 spiro atoms. The number of carbonyl (C=O) groups is 1. The summed E-state index contributed by atoms with van der Waals surface area (Å²) >= 11 is 1.64. The molecule has 1 amide bonds. The second-order valence-electron chi connectivity index (χ2n) is 8.57. The summed E-state index contributed by atoms with van der Waals surface area (Å²) in [6.45, 7) is 0. The summed E-state index contributed by atoms with van der Waals surface area (Å²) < 4.78 is 0. The number of aromatic nitrogens is 7. The maximum Gasteiger partial charge on any atom is 0.227 e. The minimum Gasteiger partial charge on any atom is -0.335 e. The van der Waals surface area contributed by atoms with Gasteiger partial charge in [0.25, 0.3) is 0 Å². The van der Waals surface area contributed by atoms with Crippen LogP contribution in [0.2, 0.25) is 0 Å². The molecule has 1 aliphatic carbocycles. The van der Waals surface area contributed by atoms with Gasteiger partial charge in [0.1, 0.15) is 11.0 Å². The third-order valence-corrected chi connectivity index (χ3v) is 6.79. The number of hydrogen-bond acceptors (Lipinski definition) is 7. The van der Waals surface area contributed by atoms with Gasteiger partial charge in [-0.1, -0.05) is 0 Å². The molecule has 3 N–H and O–H groups in total. The molecule has 1 aliphatic rings. The second kappa shape index (κ2) is 7.81. The van der Waals surface area contributed by atoms with Crippen molar-refractivity contribution in [2.24, 2.45) is 5.92 Å². The van der Waals surface area contributed by atoms with Crippen LogP contribution in [0.15, 0.2) is 59.8 Å². The summed E-state index contributed by atoms with van der Waals surface area (Å²) in [7, 11) is 0. The van der Waals surface area contributed by atoms with Crippen LogP contribution in [0.5, 0.6) is 0 Å². The van der Waals surface area contributed by atoms with Crippen molar-refractivity contribution in [3.05, 3.63) is 59.8 Å². The number of rotatable bonds is 5. The third kappa shape index (κ3) is 3.55. The first-order valence-corrected chi connectivity index (χ1v) is 12.2. The molecule has 0 unspecified atom stereocenters. The number of nitrogens with one attached hydrogen (secondary N) is 3. The Morgan fingerprint density at radius 2 is 1.89 bits per heavy atom. The quantitative estimate of drug-likeness (QED) is 0.319. The van der Waals surface area contributed by atoms with E-state index in [1.54, 1.807) is 29.9 Å². The SMILES string of the molecule is O=C(Nc1cncc(-c2ccc3[nH]nc(-c4nc5c(-c6ccsc6)cncc5[nH]4)c3n2)c1)C1CC1. The highest BCUT2D eigenvalue weighted by Gasteiger charge is 2.29. The summed E-state index contributed by atoms with van der Waals surface area (Å²) in [4.78, 5) is 33.9. The van der Waals surface area contributed by atoms with Crippen LogP contribution in [0.1, 0.15) is 12.8 Å². The molecule has 0 aromatic carbocycles. The topological polar surface area (TPSA) is 125 Å². The van der Waals surface area contributed by atoms with Gasteiger partial charge in [-0.15, -0.1) is 0 Å². The number of aromatic amines is 2. The van der Waals surface area contributed by atoms with Gasteiger partial charge in [-0.25, -0.2) is 9.97 Å². The first-order valence-electron chi connectivity index (χ1n) is 11.2. The Labute approximate surface area is 202 Å². The standard InChI is InChI=1S/C25H18N8OS/c34-25(13-1-2-13)28-16-7-15(8-26-9-16)18-3-4-19-22(29-18)23(33-32-19)24-30-20-11-27-10-17(21(20)31-24)14-5-6-35-12-14/h3-13H,1-2H2,(H,28,34)(H,30,31)(H,32,33). The lowest BCUT2D eigenvalue weighted by atomic mass is 10.1. The normalized spacial score (nSPS) is 13.5. The molecule has 0 radical (unpaired) electrons. The van der Waals surface area contributed by atoms with E-state index in [1.807, 2.05) is 29.8 Å². The van der Waals surface area contributed by atoms with E-state index >= 15 is 0 Å². The average Bonchev–Trinajstić information content (AvgIpc) is 3.26. The number of hydrogen-bond donors (Lipinski definition) is 3. The lowest BCUT2D eigenvalue weighted by Crippen LogP contribution is -2.13. The first-order chi connectivity index (χ1) is 17.2. The van der Waals surface area contributed by atoms with Crippen LogP contribution >= 0.6 is 11.3 Å². The molecule has 1 saturated carbocycles. The molecule has 10 heteroatoms. The largest absolute Gasteiger partial charge is 0.335 e. The number of imidazole rings is 1. The number of amides is 1. The number of carbonyl (C=O) groups excluding carboxylic acids is 1. The van der Waals surface area contributed by atoms with E-state index in [-0.39, 0.29) is 11.8 Å². The zero-order valence-electron chi connectivity index (χ0n) is 18.3. The molecule has 6 heterocycles. The van der Waals surface area contributed by atoms with E-state index in [2.05, 4.69) is 41.9 Å². The van der Waals surface area contributed by atoms with Crippen LogP contribution in [-0.4, -0.2) is 41.0 Å². The third-order valence-electron chi connectivity index (χ3n) is 6.11. The predicted molar refractivity (Wildman–Crippen MR) is 135 cm³/mol. The van der Waals surface area contributed by atoms with E-state index < -0.39 is 0 Å². The van der Waals surface area contributed by atoms with Crippen molar-refractivity contribution in [2.45, 2.75) is 12.8 Å². The van der Waals surface area contributed by atoms with Crippen LogP contribution in [0.4, 0.5) is 5.69 Å². The Morgan fingerprint density at radius 1 is 0.971 bits per heavy atom. The molecular weight excluding hydrogens is 460 g/mol. The van der Waals surface area contributed by atoms with Crippen LogP contribution in [-0.2, 0) is 4.79 Å². The molecule has 0 aliphatic heterocycles. The Bertz CT molecular complexity index is 1710. The predicted octanol–water partition coefficient (Wildman–Crippen LogP) is 5.04. The summed E-state index contributed by atoms with van der Waals surface area (Å²) in [5, 5.41) is 14.6. The van der Waals surface area contributed by atoms with Crippen molar-refractivity contribution < 1.29 is 4.79 Å².